The zero-order valence-electron chi connectivity index (χ0n) is 17.3. The van der Waals surface area contributed by atoms with E-state index < -0.39 is 0 Å². The van der Waals surface area contributed by atoms with E-state index >= 15 is 0 Å². The number of likely N-dealkylation sites (N-methyl/N-ethyl adjacent to an activating group) is 1. The maximum Gasteiger partial charge on any atom is 0.193 e. The predicted octanol–water partition coefficient (Wildman–Crippen LogP) is 3.12. The van der Waals surface area contributed by atoms with Gasteiger partial charge in [-0.05, 0) is 38.8 Å². The summed E-state index contributed by atoms with van der Waals surface area (Å²) in [5.74, 6) is 1.03. The summed E-state index contributed by atoms with van der Waals surface area (Å²) in [5, 5.41) is 7.92. The highest BCUT2D eigenvalue weighted by molar-refractivity contribution is 14.0. The smallest absolute Gasteiger partial charge is 0.193 e. The second kappa shape index (κ2) is 10.5. The lowest BCUT2D eigenvalue weighted by atomic mass is 9.78. The molecule has 26 heavy (non-hydrogen) atoms. The lowest BCUT2D eigenvalue weighted by Crippen LogP contribution is -2.51. The molecule has 6 nitrogen and oxygen atoms in total. The van der Waals surface area contributed by atoms with E-state index in [0.29, 0.717) is 5.41 Å². The number of likely N-dealkylation sites (tertiary alicyclic amines) is 1. The van der Waals surface area contributed by atoms with Crippen LogP contribution in [0.1, 0.15) is 51.1 Å². The Hall–Kier alpha value is -0.830. The fourth-order valence-corrected chi connectivity index (χ4v) is 4.04. The second-order valence-electron chi connectivity index (χ2n) is 7.94. The Morgan fingerprint density at radius 3 is 2.73 bits per heavy atom. The number of piperidine rings is 1. The minimum absolute atomic E-state index is 0. The Kier molecular flexibility index (Phi) is 9.36. The lowest BCUT2D eigenvalue weighted by molar-refractivity contribution is 0.142. The van der Waals surface area contributed by atoms with Crippen LogP contribution in [0.15, 0.2) is 17.4 Å². The molecule has 1 aliphatic rings. The standard InChI is InChI=1S/C19H36N6.HI/c1-7-9-19(2)10-8-11-25(15-19)18(20-3)21-13-17(23(4)5)16-12-22-24(6)14-16;/h12,14,17H,7-11,13,15H2,1-6H3,(H,20,21);1H. The number of guanidine groups is 1. The van der Waals surface area contributed by atoms with E-state index in [-0.39, 0.29) is 30.0 Å². The van der Waals surface area contributed by atoms with Crippen LogP contribution in [0.25, 0.3) is 0 Å². The van der Waals surface area contributed by atoms with Gasteiger partial charge in [0.15, 0.2) is 5.96 Å². The summed E-state index contributed by atoms with van der Waals surface area (Å²) in [6, 6.07) is 0.275. The average molecular weight is 476 g/mol. The topological polar surface area (TPSA) is 48.7 Å². The summed E-state index contributed by atoms with van der Waals surface area (Å²) in [6.07, 6.45) is 9.15. The quantitative estimate of drug-likeness (QED) is 0.390. The van der Waals surface area contributed by atoms with E-state index in [1.54, 1.807) is 0 Å². The number of nitrogens with one attached hydrogen (secondary N) is 1. The molecule has 7 heteroatoms. The molecule has 1 aromatic heterocycles. The Labute approximate surface area is 176 Å². The van der Waals surface area contributed by atoms with Crippen molar-refractivity contribution in [2.24, 2.45) is 17.5 Å². The first-order valence-electron chi connectivity index (χ1n) is 9.49. The average Bonchev–Trinajstić information content (AvgIpc) is 2.97. The number of nitrogens with zero attached hydrogens (tertiary/aromatic N) is 5. The molecule has 0 bridgehead atoms. The Bertz CT molecular complexity index is 566. The van der Waals surface area contributed by atoms with Crippen molar-refractivity contribution in [2.45, 2.75) is 45.6 Å². The number of aliphatic imine (C=N–C) groups is 1. The molecule has 0 aliphatic carbocycles. The molecule has 1 fully saturated rings. The van der Waals surface area contributed by atoms with Crippen molar-refractivity contribution in [1.29, 1.82) is 0 Å². The number of rotatable bonds is 6. The van der Waals surface area contributed by atoms with E-state index in [4.69, 9.17) is 0 Å². The van der Waals surface area contributed by atoms with Crippen LogP contribution in [0.3, 0.4) is 0 Å². The van der Waals surface area contributed by atoms with Crippen molar-refractivity contribution in [3.8, 4) is 0 Å². The molecule has 2 unspecified atom stereocenters. The van der Waals surface area contributed by atoms with Crippen molar-refractivity contribution in [3.05, 3.63) is 18.0 Å². The number of halogens is 1. The van der Waals surface area contributed by atoms with Gasteiger partial charge in [-0.3, -0.25) is 9.67 Å². The third-order valence-electron chi connectivity index (χ3n) is 5.33. The molecule has 1 saturated heterocycles. The van der Waals surface area contributed by atoms with Gasteiger partial charge in [0.05, 0.1) is 12.2 Å². The van der Waals surface area contributed by atoms with Gasteiger partial charge in [0.2, 0.25) is 0 Å². The molecular formula is C19H37IN6. The summed E-state index contributed by atoms with van der Waals surface area (Å²) in [6.45, 7) is 7.73. The van der Waals surface area contributed by atoms with E-state index in [2.05, 4.69) is 59.3 Å². The van der Waals surface area contributed by atoms with Crippen molar-refractivity contribution in [1.82, 2.24) is 24.9 Å². The molecule has 2 rings (SSSR count). The molecule has 0 saturated carbocycles. The van der Waals surface area contributed by atoms with Crippen LogP contribution >= 0.6 is 24.0 Å². The lowest BCUT2D eigenvalue weighted by Gasteiger charge is -2.42. The van der Waals surface area contributed by atoms with E-state index in [1.165, 1.54) is 31.2 Å². The third kappa shape index (κ3) is 6.11. The van der Waals surface area contributed by atoms with E-state index in [1.807, 2.05) is 25.0 Å². The van der Waals surface area contributed by atoms with Gasteiger partial charge in [-0.25, -0.2) is 0 Å². The van der Waals surface area contributed by atoms with Crippen molar-refractivity contribution >= 4 is 29.9 Å². The highest BCUT2D eigenvalue weighted by Gasteiger charge is 2.31. The van der Waals surface area contributed by atoms with Gasteiger partial charge in [-0.2, -0.15) is 5.10 Å². The summed E-state index contributed by atoms with van der Waals surface area (Å²) in [4.78, 5) is 9.23. The molecule has 1 N–H and O–H groups in total. The molecule has 2 heterocycles. The summed E-state index contributed by atoms with van der Waals surface area (Å²) in [7, 11) is 8.08. The number of hydrogen-bond donors (Lipinski definition) is 1. The molecule has 1 aromatic rings. The van der Waals surface area contributed by atoms with Gasteiger partial charge < -0.3 is 15.1 Å². The molecule has 150 valence electrons. The van der Waals surface area contributed by atoms with Gasteiger partial charge in [-0.15, -0.1) is 24.0 Å². The summed E-state index contributed by atoms with van der Waals surface area (Å²) >= 11 is 0. The van der Waals surface area contributed by atoms with E-state index in [0.717, 1.165) is 25.6 Å². The van der Waals surface area contributed by atoms with Gasteiger partial charge in [0.25, 0.3) is 0 Å². The fourth-order valence-electron chi connectivity index (χ4n) is 4.04. The Morgan fingerprint density at radius 1 is 1.46 bits per heavy atom. The largest absolute Gasteiger partial charge is 0.354 e. The van der Waals surface area contributed by atoms with Crippen LogP contribution in [0, 0.1) is 5.41 Å². The first kappa shape index (κ1) is 23.2. The van der Waals surface area contributed by atoms with Gasteiger partial charge in [-0.1, -0.05) is 20.3 Å². The molecule has 0 radical (unpaired) electrons. The zero-order chi connectivity index (χ0) is 18.4. The molecule has 0 amide bonds. The SMILES string of the molecule is CCCC1(C)CCCN(C(=NC)NCC(c2cnn(C)c2)N(C)C)C1.I. The van der Waals surface area contributed by atoms with E-state index in [9.17, 15) is 0 Å². The normalized spacial score (nSPS) is 22.3. The highest BCUT2D eigenvalue weighted by Crippen LogP contribution is 2.33. The van der Waals surface area contributed by atoms with Crippen molar-refractivity contribution in [2.75, 3.05) is 40.8 Å². The summed E-state index contributed by atoms with van der Waals surface area (Å²) < 4.78 is 1.86. The van der Waals surface area contributed by atoms with Gasteiger partial charge in [0, 0.05) is 45.5 Å². The van der Waals surface area contributed by atoms with Crippen molar-refractivity contribution < 1.29 is 0 Å². The van der Waals surface area contributed by atoms with Crippen LogP contribution < -0.4 is 5.32 Å². The first-order chi connectivity index (χ1) is 11.9. The van der Waals surface area contributed by atoms with Gasteiger partial charge >= 0.3 is 0 Å². The Balaban J connectivity index is 0.00000338. The number of hydrogen-bond acceptors (Lipinski definition) is 3. The molecule has 1 aliphatic heterocycles. The zero-order valence-corrected chi connectivity index (χ0v) is 19.7. The van der Waals surface area contributed by atoms with Crippen LogP contribution in [-0.2, 0) is 7.05 Å². The Morgan fingerprint density at radius 2 is 2.19 bits per heavy atom. The monoisotopic (exact) mass is 476 g/mol. The molecule has 2 atom stereocenters. The van der Waals surface area contributed by atoms with Crippen LogP contribution in [0.2, 0.25) is 0 Å². The first-order valence-corrected chi connectivity index (χ1v) is 9.49. The van der Waals surface area contributed by atoms with Crippen LogP contribution in [0.5, 0.6) is 0 Å². The third-order valence-corrected chi connectivity index (χ3v) is 5.33. The molecular weight excluding hydrogens is 439 g/mol. The van der Waals surface area contributed by atoms with Crippen LogP contribution in [0.4, 0.5) is 0 Å². The second-order valence-corrected chi connectivity index (χ2v) is 7.94. The highest BCUT2D eigenvalue weighted by atomic mass is 127. The number of aromatic nitrogens is 2. The minimum atomic E-state index is 0. The summed E-state index contributed by atoms with van der Waals surface area (Å²) in [5.41, 5.74) is 1.64. The minimum Gasteiger partial charge on any atom is -0.354 e. The molecule has 0 aromatic carbocycles. The fraction of sp³-hybridized carbons (Fsp3) is 0.789. The predicted molar refractivity (Wildman–Crippen MR) is 120 cm³/mol. The maximum absolute atomic E-state index is 4.56. The molecule has 0 spiro atoms. The maximum atomic E-state index is 4.56. The van der Waals surface area contributed by atoms with Crippen molar-refractivity contribution in [3.63, 3.8) is 0 Å². The number of aryl methyl sites for hydroxylation is 1. The van der Waals surface area contributed by atoms with Crippen LogP contribution in [-0.4, -0.2) is 66.3 Å². The van der Waals surface area contributed by atoms with Gasteiger partial charge in [0.1, 0.15) is 0 Å².